The average molecular weight is 443 g/mol. The summed E-state index contributed by atoms with van der Waals surface area (Å²) in [5.41, 5.74) is 0.00575. The summed E-state index contributed by atoms with van der Waals surface area (Å²) in [5.74, 6) is -1.86. The number of benzene rings is 2. The van der Waals surface area contributed by atoms with Crippen LogP contribution < -0.4 is 10.1 Å². The number of ether oxygens (including phenoxy) is 1. The average Bonchev–Trinajstić information content (AvgIpc) is 2.64. The third-order valence-corrected chi connectivity index (χ3v) is 5.21. The Hall–Kier alpha value is -3.41. The van der Waals surface area contributed by atoms with E-state index in [1.54, 1.807) is 0 Å². The Kier molecular flexibility index (Phi) is 5.53. The van der Waals surface area contributed by atoms with Gasteiger partial charge in [0.15, 0.2) is 0 Å². The van der Waals surface area contributed by atoms with Gasteiger partial charge in [-0.15, -0.1) is 17.6 Å². The van der Waals surface area contributed by atoms with E-state index in [1.807, 2.05) is 0 Å². The molecule has 30 heavy (non-hydrogen) atoms. The number of carbonyl (C=O) groups is 1. The fraction of sp³-hybridized carbons (Fsp3) is 0.111. The largest absolute Gasteiger partial charge is 0.573 e. The van der Waals surface area contributed by atoms with E-state index in [9.17, 15) is 30.8 Å². The molecule has 0 bridgehead atoms. The quantitative estimate of drug-likeness (QED) is 0.735. The first-order valence-corrected chi connectivity index (χ1v) is 9.58. The van der Waals surface area contributed by atoms with Gasteiger partial charge in [-0.1, -0.05) is 0 Å². The van der Waals surface area contributed by atoms with E-state index in [4.69, 9.17) is 0 Å². The minimum atomic E-state index is -4.86. The zero-order chi connectivity index (χ0) is 22.1. The Balaban J connectivity index is 1.85. The first-order chi connectivity index (χ1) is 13.9. The summed E-state index contributed by atoms with van der Waals surface area (Å²) >= 11 is 0. The van der Waals surface area contributed by atoms with Crippen molar-refractivity contribution < 1.29 is 35.5 Å². The number of nitrogens with zero attached hydrogens (tertiary/aromatic N) is 2. The fourth-order valence-corrected chi connectivity index (χ4v) is 3.37. The first-order valence-electron chi connectivity index (χ1n) is 8.18. The lowest BCUT2D eigenvalue weighted by molar-refractivity contribution is -0.274. The van der Waals surface area contributed by atoms with Crippen LogP contribution in [0.2, 0.25) is 0 Å². The van der Waals surface area contributed by atoms with Gasteiger partial charge < -0.3 is 10.1 Å². The molecule has 1 aliphatic rings. The maximum absolute atomic E-state index is 13.1. The van der Waals surface area contributed by atoms with Crippen molar-refractivity contribution in [3.63, 3.8) is 0 Å². The minimum absolute atomic E-state index is 0.0767. The molecule has 1 N–H and O–H groups in total. The lowest BCUT2D eigenvalue weighted by atomic mass is 10.1. The van der Waals surface area contributed by atoms with Crippen LogP contribution in [-0.2, 0) is 15.0 Å². The van der Waals surface area contributed by atoms with E-state index < -0.39 is 34.0 Å². The van der Waals surface area contributed by atoms with Crippen LogP contribution in [0, 0.1) is 5.82 Å². The standard InChI is InChI=1S/C18H13F4N3O4S/c1-25-16(10-15(24-30(25,27)28)11-2-4-12(19)5-3-11)17(26)23-13-6-8-14(9-7-13)29-18(20,21)22/h2-10H,1H3,(H,23,26). The number of nitrogens with one attached hydrogen (secondary N) is 1. The number of amides is 1. The summed E-state index contributed by atoms with van der Waals surface area (Å²) in [7, 11) is -3.11. The molecule has 1 heterocycles. The smallest absolute Gasteiger partial charge is 0.406 e. The molecule has 0 aromatic heterocycles. The highest BCUT2D eigenvalue weighted by Crippen LogP contribution is 2.25. The van der Waals surface area contributed by atoms with Crippen LogP contribution in [0.3, 0.4) is 0 Å². The summed E-state index contributed by atoms with van der Waals surface area (Å²) < 4.78 is 82.3. The molecule has 12 heteroatoms. The zero-order valence-corrected chi connectivity index (χ0v) is 16.0. The van der Waals surface area contributed by atoms with Crippen molar-refractivity contribution >= 4 is 27.5 Å². The molecular weight excluding hydrogens is 430 g/mol. The van der Waals surface area contributed by atoms with Crippen molar-refractivity contribution in [1.82, 2.24) is 4.31 Å². The van der Waals surface area contributed by atoms with Gasteiger partial charge in [-0.3, -0.25) is 4.79 Å². The fourth-order valence-electron chi connectivity index (χ4n) is 2.46. The second-order valence-corrected chi connectivity index (χ2v) is 7.61. The first kappa shape index (κ1) is 21.3. The molecule has 1 aliphatic heterocycles. The third-order valence-electron chi connectivity index (χ3n) is 3.89. The molecule has 0 spiro atoms. The molecule has 0 radical (unpaired) electrons. The molecular formula is C18H13F4N3O4S. The van der Waals surface area contributed by atoms with Gasteiger partial charge in [0.25, 0.3) is 5.91 Å². The van der Waals surface area contributed by atoms with E-state index in [0.29, 0.717) is 4.31 Å². The molecule has 0 saturated carbocycles. The van der Waals surface area contributed by atoms with Crippen molar-refractivity contribution in [3.05, 3.63) is 71.7 Å². The lowest BCUT2D eigenvalue weighted by Gasteiger charge is -2.23. The molecule has 1 amide bonds. The van der Waals surface area contributed by atoms with Gasteiger partial charge in [0.05, 0.1) is 5.71 Å². The predicted molar refractivity (Wildman–Crippen MR) is 99.5 cm³/mol. The number of halogens is 4. The highest BCUT2D eigenvalue weighted by molar-refractivity contribution is 7.88. The molecule has 0 fully saturated rings. The number of rotatable bonds is 4. The number of likely N-dealkylation sites (N-methyl/N-ethyl adjacent to an activating group) is 1. The van der Waals surface area contributed by atoms with Gasteiger partial charge in [0.2, 0.25) is 0 Å². The summed E-state index contributed by atoms with van der Waals surface area (Å²) in [4.78, 5) is 12.6. The van der Waals surface area contributed by atoms with Crippen LogP contribution in [0.1, 0.15) is 5.56 Å². The predicted octanol–water partition coefficient (Wildman–Crippen LogP) is 3.23. The van der Waals surface area contributed by atoms with E-state index in [2.05, 4.69) is 14.5 Å². The van der Waals surface area contributed by atoms with E-state index in [-0.39, 0.29) is 22.7 Å². The topological polar surface area (TPSA) is 88.1 Å². The normalized spacial score (nSPS) is 15.8. The van der Waals surface area contributed by atoms with Crippen molar-refractivity contribution in [3.8, 4) is 5.75 Å². The Morgan fingerprint density at radius 2 is 1.67 bits per heavy atom. The monoisotopic (exact) mass is 443 g/mol. The highest BCUT2D eigenvalue weighted by Gasteiger charge is 2.32. The Bertz CT molecular complexity index is 1130. The summed E-state index contributed by atoms with van der Waals surface area (Å²) in [6, 6.07) is 9.13. The minimum Gasteiger partial charge on any atom is -0.406 e. The van der Waals surface area contributed by atoms with Crippen LogP contribution >= 0.6 is 0 Å². The molecule has 0 aliphatic carbocycles. The number of carbonyl (C=O) groups excluding carboxylic acids is 1. The van der Waals surface area contributed by atoms with Crippen molar-refractivity contribution in [2.45, 2.75) is 6.36 Å². The van der Waals surface area contributed by atoms with Crippen molar-refractivity contribution in [2.75, 3.05) is 12.4 Å². The molecule has 0 atom stereocenters. The number of hydrogen-bond donors (Lipinski definition) is 1. The van der Waals surface area contributed by atoms with Gasteiger partial charge in [-0.25, -0.2) is 8.70 Å². The maximum Gasteiger partial charge on any atom is 0.573 e. The lowest BCUT2D eigenvalue weighted by Crippen LogP contribution is -2.35. The van der Waals surface area contributed by atoms with E-state index in [0.717, 1.165) is 43.4 Å². The summed E-state index contributed by atoms with van der Waals surface area (Å²) in [5, 5.41) is 2.39. The second kappa shape index (κ2) is 7.78. The molecule has 2 aromatic rings. The molecule has 158 valence electrons. The van der Waals surface area contributed by atoms with Crippen LogP contribution in [0.4, 0.5) is 23.2 Å². The summed E-state index contributed by atoms with van der Waals surface area (Å²) in [6.45, 7) is 0. The molecule has 7 nitrogen and oxygen atoms in total. The number of anilines is 1. The number of allylic oxidation sites excluding steroid dienone is 1. The summed E-state index contributed by atoms with van der Waals surface area (Å²) in [6.07, 6.45) is -3.66. The zero-order valence-electron chi connectivity index (χ0n) is 15.1. The second-order valence-electron chi connectivity index (χ2n) is 5.98. The van der Waals surface area contributed by atoms with Crippen molar-refractivity contribution in [1.29, 1.82) is 0 Å². The van der Waals surface area contributed by atoms with Gasteiger partial charge in [-0.2, -0.15) is 8.42 Å². The van der Waals surface area contributed by atoms with E-state index in [1.165, 1.54) is 18.2 Å². The van der Waals surface area contributed by atoms with Gasteiger partial charge in [0.1, 0.15) is 17.3 Å². The van der Waals surface area contributed by atoms with Crippen LogP contribution in [-0.4, -0.2) is 37.8 Å². The van der Waals surface area contributed by atoms with Gasteiger partial charge in [0, 0.05) is 18.3 Å². The van der Waals surface area contributed by atoms with Gasteiger partial charge in [-0.05, 0) is 54.6 Å². The van der Waals surface area contributed by atoms with Crippen molar-refractivity contribution in [2.24, 2.45) is 4.40 Å². The van der Waals surface area contributed by atoms with E-state index >= 15 is 0 Å². The van der Waals surface area contributed by atoms with Gasteiger partial charge >= 0.3 is 16.6 Å². The maximum atomic E-state index is 13.1. The van der Waals surface area contributed by atoms with Crippen LogP contribution in [0.25, 0.3) is 0 Å². The number of alkyl halides is 3. The Morgan fingerprint density at radius 3 is 2.23 bits per heavy atom. The number of hydrogen-bond acceptors (Lipinski definition) is 4. The third kappa shape index (κ3) is 4.95. The van der Waals surface area contributed by atoms with Crippen LogP contribution in [0.15, 0.2) is 64.7 Å². The Morgan fingerprint density at radius 1 is 1.07 bits per heavy atom. The molecule has 3 rings (SSSR count). The highest BCUT2D eigenvalue weighted by atomic mass is 32.2. The van der Waals surface area contributed by atoms with Crippen LogP contribution in [0.5, 0.6) is 5.75 Å². The molecule has 2 aromatic carbocycles. The SMILES string of the molecule is CN1C(C(=O)Nc2ccc(OC(F)(F)F)cc2)=CC(c2ccc(F)cc2)=NS1(=O)=O. The molecule has 0 saturated heterocycles. The Labute approximate surface area is 168 Å². The molecule has 0 unspecified atom stereocenters.